The zero-order valence-electron chi connectivity index (χ0n) is 28.2. The number of pyridine rings is 3. The van der Waals surface area contributed by atoms with Crippen molar-refractivity contribution in [3.8, 4) is 28.6 Å². The van der Waals surface area contributed by atoms with Gasteiger partial charge < -0.3 is 19.6 Å². The van der Waals surface area contributed by atoms with Crippen LogP contribution in [0.2, 0.25) is 18.1 Å². The molecule has 5 rings (SSSR count). The number of benzene rings is 2. The number of amides is 1. The van der Waals surface area contributed by atoms with Crippen LogP contribution in [0.25, 0.3) is 22.2 Å². The molecule has 3 heterocycles. The average molecular weight is 711 g/mol. The van der Waals surface area contributed by atoms with E-state index in [4.69, 9.17) is 19.6 Å². The van der Waals surface area contributed by atoms with Crippen molar-refractivity contribution in [3.05, 3.63) is 107 Å². The molecule has 1 amide bonds. The Balaban J connectivity index is 1.70. The fourth-order valence-corrected chi connectivity index (χ4v) is 5.87. The van der Waals surface area contributed by atoms with Crippen molar-refractivity contribution in [3.63, 3.8) is 0 Å². The molecule has 0 saturated heterocycles. The highest BCUT2D eigenvalue weighted by Gasteiger charge is 2.36. The van der Waals surface area contributed by atoms with E-state index in [0.29, 0.717) is 6.20 Å². The minimum Gasteiger partial charge on any atom is -0.561 e. The average Bonchev–Trinajstić information content (AvgIpc) is 3.04. The van der Waals surface area contributed by atoms with Crippen LogP contribution in [-0.4, -0.2) is 29.2 Å². The SMILES string of the molecule is Cc1c(C(F)(F)F)cnc(Oc2ccc(F)c(F)c2CO[Si-](C)(C)C(C)(C)C)c1-c1cc(OCc2ccccc2)c2c(C(N)=O)nccc2n1. The number of aromatic nitrogens is 3. The Bertz CT molecular complexity index is 2070. The summed E-state index contributed by atoms with van der Waals surface area (Å²) in [7, 11) is -2.47. The van der Waals surface area contributed by atoms with Gasteiger partial charge in [-0.15, -0.1) is 18.1 Å². The van der Waals surface area contributed by atoms with Crippen LogP contribution in [0.5, 0.6) is 17.4 Å². The van der Waals surface area contributed by atoms with E-state index in [1.807, 2.05) is 39.9 Å². The molecule has 0 aliphatic carbocycles. The van der Waals surface area contributed by atoms with E-state index in [1.165, 1.54) is 25.3 Å². The van der Waals surface area contributed by atoms with Crippen molar-refractivity contribution in [2.75, 3.05) is 0 Å². The van der Waals surface area contributed by atoms with Crippen LogP contribution in [0, 0.1) is 18.6 Å². The third-order valence-electron chi connectivity index (χ3n) is 8.76. The van der Waals surface area contributed by atoms with Crippen LogP contribution >= 0.6 is 0 Å². The highest BCUT2D eigenvalue weighted by molar-refractivity contribution is 6.74. The number of fused-ring (bicyclic) bond motifs is 1. The summed E-state index contributed by atoms with van der Waals surface area (Å²) in [6.45, 7) is 10.7. The van der Waals surface area contributed by atoms with E-state index < -0.39 is 37.6 Å². The maximum atomic E-state index is 15.4. The number of ether oxygens (including phenoxy) is 2. The third-order valence-corrected chi connectivity index (χ3v) is 13.2. The predicted octanol–water partition coefficient (Wildman–Crippen LogP) is 9.29. The van der Waals surface area contributed by atoms with Crippen LogP contribution in [0.1, 0.15) is 53.5 Å². The van der Waals surface area contributed by atoms with Gasteiger partial charge in [-0.1, -0.05) is 51.1 Å². The molecule has 0 fully saturated rings. The van der Waals surface area contributed by atoms with Gasteiger partial charge in [0.1, 0.15) is 23.8 Å². The summed E-state index contributed by atoms with van der Waals surface area (Å²) in [5.41, 5.74) is 4.41. The quantitative estimate of drug-likeness (QED) is 0.114. The fourth-order valence-electron chi connectivity index (χ4n) is 4.93. The summed E-state index contributed by atoms with van der Waals surface area (Å²) >= 11 is 0. The van der Waals surface area contributed by atoms with E-state index in [2.05, 4.69) is 15.0 Å². The van der Waals surface area contributed by atoms with Gasteiger partial charge in [-0.3, -0.25) is 9.78 Å². The van der Waals surface area contributed by atoms with Gasteiger partial charge in [0.2, 0.25) is 5.88 Å². The zero-order valence-corrected chi connectivity index (χ0v) is 29.2. The summed E-state index contributed by atoms with van der Waals surface area (Å²) in [5, 5.41) is -0.117. The first-order chi connectivity index (χ1) is 23.4. The van der Waals surface area contributed by atoms with Crippen molar-refractivity contribution >= 4 is 25.1 Å². The number of hydrogen-bond acceptors (Lipinski definition) is 7. The van der Waals surface area contributed by atoms with E-state index in [0.717, 1.165) is 17.7 Å². The number of alkyl halides is 3. The largest absolute Gasteiger partial charge is 0.561 e. The van der Waals surface area contributed by atoms with Gasteiger partial charge in [0.25, 0.3) is 5.91 Å². The molecule has 0 aliphatic heterocycles. The molecule has 0 saturated carbocycles. The van der Waals surface area contributed by atoms with E-state index >= 15 is 4.39 Å². The number of nitrogens with zero attached hydrogens (tertiary/aromatic N) is 3. The van der Waals surface area contributed by atoms with Gasteiger partial charge in [0.05, 0.1) is 33.3 Å². The molecule has 2 aromatic carbocycles. The van der Waals surface area contributed by atoms with Crippen molar-refractivity contribution in [2.45, 2.75) is 65.2 Å². The number of halogens is 5. The Kier molecular flexibility index (Phi) is 9.99. The first-order valence-corrected chi connectivity index (χ1v) is 18.4. The summed E-state index contributed by atoms with van der Waals surface area (Å²) in [5.74, 6) is -3.79. The van der Waals surface area contributed by atoms with Gasteiger partial charge in [0, 0.05) is 25.1 Å². The summed E-state index contributed by atoms with van der Waals surface area (Å²) < 4.78 is 91.0. The number of nitrogens with two attached hydrogens (primary N) is 1. The minimum atomic E-state index is -4.82. The normalized spacial score (nSPS) is 12.3. The van der Waals surface area contributed by atoms with Crippen LogP contribution in [0.3, 0.4) is 0 Å². The Morgan fingerprint density at radius 1 is 0.940 bits per heavy atom. The minimum absolute atomic E-state index is 0.0160. The number of primary amides is 1. The lowest BCUT2D eigenvalue weighted by atomic mass is 10.0. The molecule has 0 bridgehead atoms. The summed E-state index contributed by atoms with van der Waals surface area (Å²) in [4.78, 5) is 25.0. The second-order valence-electron chi connectivity index (χ2n) is 13.2. The zero-order chi connectivity index (χ0) is 36.6. The highest BCUT2D eigenvalue weighted by Crippen LogP contribution is 2.44. The number of carbonyl (C=O) groups is 1. The van der Waals surface area contributed by atoms with Gasteiger partial charge in [-0.25, -0.2) is 18.7 Å². The first kappa shape index (κ1) is 36.3. The second kappa shape index (κ2) is 13.7. The van der Waals surface area contributed by atoms with Gasteiger partial charge in [-0.05, 0) is 44.6 Å². The highest BCUT2D eigenvalue weighted by atomic mass is 28.4. The van der Waals surface area contributed by atoms with E-state index in [1.54, 1.807) is 24.3 Å². The van der Waals surface area contributed by atoms with Crippen LogP contribution in [0.15, 0.2) is 67.0 Å². The Morgan fingerprint density at radius 3 is 2.28 bits per heavy atom. The van der Waals surface area contributed by atoms with E-state index in [9.17, 15) is 22.4 Å². The number of carbonyl (C=O) groups excluding carboxylic acids is 1. The molecule has 0 aliphatic rings. The Hall–Kier alpha value is -4.95. The van der Waals surface area contributed by atoms with Gasteiger partial charge in [0.15, 0.2) is 11.6 Å². The van der Waals surface area contributed by atoms with Crippen LogP contribution in [0.4, 0.5) is 22.0 Å². The van der Waals surface area contributed by atoms with Crippen molar-refractivity contribution in [1.82, 2.24) is 15.0 Å². The topological polar surface area (TPSA) is 109 Å². The smallest absolute Gasteiger partial charge is 0.418 e. The molecule has 2 N–H and O–H groups in total. The van der Waals surface area contributed by atoms with E-state index in [-0.39, 0.29) is 74.6 Å². The van der Waals surface area contributed by atoms with Crippen molar-refractivity contribution in [2.24, 2.45) is 5.73 Å². The van der Waals surface area contributed by atoms with Gasteiger partial charge in [-0.2, -0.15) is 13.2 Å². The Labute approximate surface area is 286 Å². The van der Waals surface area contributed by atoms with Gasteiger partial charge >= 0.3 is 6.18 Å². The monoisotopic (exact) mass is 710 g/mol. The molecule has 263 valence electrons. The lowest BCUT2D eigenvalue weighted by molar-refractivity contribution is -0.138. The molecule has 8 nitrogen and oxygen atoms in total. The van der Waals surface area contributed by atoms with Crippen LogP contribution < -0.4 is 15.2 Å². The first-order valence-electron chi connectivity index (χ1n) is 15.5. The Morgan fingerprint density at radius 2 is 1.64 bits per heavy atom. The molecule has 50 heavy (non-hydrogen) atoms. The molecule has 0 spiro atoms. The molecule has 0 unspecified atom stereocenters. The molecule has 3 aromatic heterocycles. The second-order valence-corrected chi connectivity index (χ2v) is 18.0. The molecule has 14 heteroatoms. The number of rotatable bonds is 10. The maximum absolute atomic E-state index is 15.4. The molecule has 0 atom stereocenters. The molecule has 0 radical (unpaired) electrons. The fraction of sp³-hybridized carbons (Fsp3) is 0.278. The van der Waals surface area contributed by atoms with Crippen molar-refractivity contribution < 1.29 is 40.6 Å². The van der Waals surface area contributed by atoms with Crippen LogP contribution in [-0.2, 0) is 23.8 Å². The lowest BCUT2D eigenvalue weighted by Crippen LogP contribution is -2.40. The molecular weight excluding hydrogens is 675 g/mol. The standard InChI is InChI=1S/C36H35F5N4O4Si/c1-20-23(36(39,40)41)17-44-34(49-27-13-12-24(37)31(38)22(27)19-48-50(5,6)35(2,3)4)29(20)26-16-28(47-18-21-10-8-7-9-11-21)30-25(45-26)14-15-43-32(30)33(42)46/h7-17H,18-19H2,1-6H3,(H2,42,46)/q-1. The van der Waals surface area contributed by atoms with Crippen molar-refractivity contribution in [1.29, 1.82) is 0 Å². The third kappa shape index (κ3) is 7.45. The summed E-state index contributed by atoms with van der Waals surface area (Å²) in [6, 6.07) is 13.8. The maximum Gasteiger partial charge on any atom is 0.418 e. The lowest BCUT2D eigenvalue weighted by Gasteiger charge is -2.48. The molecular formula is C36H35F5N4O4Si-. The predicted molar refractivity (Wildman–Crippen MR) is 180 cm³/mol. The molecule has 5 aromatic rings. The summed E-state index contributed by atoms with van der Waals surface area (Å²) in [6.07, 6.45) is -2.94. The number of hydrogen-bond donors (Lipinski definition) is 1.